The van der Waals surface area contributed by atoms with Crippen LogP contribution in [0.1, 0.15) is 46.5 Å². The van der Waals surface area contributed by atoms with E-state index in [1.54, 1.807) is 13.8 Å². The quantitative estimate of drug-likeness (QED) is 0.670. The van der Waals surface area contributed by atoms with Gasteiger partial charge in [-0.1, -0.05) is 19.8 Å². The first-order valence-electron chi connectivity index (χ1n) is 7.12. The van der Waals surface area contributed by atoms with Crippen molar-refractivity contribution in [2.24, 2.45) is 11.7 Å². The Bertz CT molecular complexity index is 461. The third-order valence-corrected chi connectivity index (χ3v) is 4.49. The molecule has 0 aromatic heterocycles. The Morgan fingerprint density at radius 1 is 1.40 bits per heavy atom. The lowest BCUT2D eigenvalue weighted by molar-refractivity contribution is -0.159. The highest BCUT2D eigenvalue weighted by Crippen LogP contribution is 2.33. The fourth-order valence-electron chi connectivity index (χ4n) is 3.16. The largest absolute Gasteiger partial charge is 0.318 e. The summed E-state index contributed by atoms with van der Waals surface area (Å²) in [5.74, 6) is -0.794. The molecule has 2 fully saturated rings. The molecule has 2 unspecified atom stereocenters. The number of amides is 3. The third-order valence-electron chi connectivity index (χ3n) is 4.49. The van der Waals surface area contributed by atoms with E-state index in [1.807, 2.05) is 0 Å². The zero-order chi connectivity index (χ0) is 15.1. The highest BCUT2D eigenvalue weighted by molar-refractivity contribution is 6.07. The average Bonchev–Trinajstić information content (AvgIpc) is 2.33. The molecule has 2 atom stereocenters. The summed E-state index contributed by atoms with van der Waals surface area (Å²) in [5, 5.41) is 2.27. The van der Waals surface area contributed by atoms with Crippen molar-refractivity contribution in [3.05, 3.63) is 0 Å². The molecule has 2 aliphatic rings. The average molecular weight is 281 g/mol. The molecule has 1 aliphatic carbocycles. The maximum absolute atomic E-state index is 12.8. The molecule has 1 saturated carbocycles. The zero-order valence-electron chi connectivity index (χ0n) is 12.4. The Morgan fingerprint density at radius 2 is 2.05 bits per heavy atom. The summed E-state index contributed by atoms with van der Waals surface area (Å²) in [4.78, 5) is 37.6. The van der Waals surface area contributed by atoms with Crippen LogP contribution >= 0.6 is 0 Å². The lowest BCUT2D eigenvalue weighted by Gasteiger charge is -2.46. The third kappa shape index (κ3) is 2.44. The second-order valence-electron chi connectivity index (χ2n) is 6.69. The summed E-state index contributed by atoms with van der Waals surface area (Å²) in [6, 6.07) is 0. The Balaban J connectivity index is 2.26. The molecule has 1 aliphatic heterocycles. The molecule has 2 rings (SSSR count). The first-order chi connectivity index (χ1) is 9.17. The van der Waals surface area contributed by atoms with E-state index in [1.165, 1.54) is 4.90 Å². The van der Waals surface area contributed by atoms with Gasteiger partial charge in [0.1, 0.15) is 12.1 Å². The van der Waals surface area contributed by atoms with Crippen LogP contribution < -0.4 is 11.1 Å². The van der Waals surface area contributed by atoms with Gasteiger partial charge in [0.05, 0.1) is 5.54 Å². The molecule has 0 aromatic rings. The summed E-state index contributed by atoms with van der Waals surface area (Å²) in [5.41, 5.74) is 4.31. The minimum atomic E-state index is -1.04. The first-order valence-corrected chi connectivity index (χ1v) is 7.12. The summed E-state index contributed by atoms with van der Waals surface area (Å²) in [6.07, 6.45) is 3.18. The van der Waals surface area contributed by atoms with Crippen LogP contribution in [-0.2, 0) is 14.4 Å². The van der Waals surface area contributed by atoms with Crippen molar-refractivity contribution in [1.82, 2.24) is 10.2 Å². The summed E-state index contributed by atoms with van der Waals surface area (Å²) >= 11 is 0. The number of nitrogens with one attached hydrogen (secondary N) is 1. The molecule has 0 spiro atoms. The lowest BCUT2D eigenvalue weighted by Crippen LogP contribution is -2.70. The summed E-state index contributed by atoms with van der Waals surface area (Å²) < 4.78 is 0. The van der Waals surface area contributed by atoms with E-state index < -0.39 is 22.9 Å². The number of rotatable bonds is 1. The fourth-order valence-corrected chi connectivity index (χ4v) is 3.16. The van der Waals surface area contributed by atoms with Gasteiger partial charge >= 0.3 is 0 Å². The minimum absolute atomic E-state index is 0.106. The van der Waals surface area contributed by atoms with Gasteiger partial charge in [-0.05, 0) is 32.6 Å². The molecule has 1 heterocycles. The number of hydrogen-bond donors (Lipinski definition) is 2. The number of imide groups is 1. The van der Waals surface area contributed by atoms with E-state index in [4.69, 9.17) is 5.73 Å². The monoisotopic (exact) mass is 281 g/mol. The van der Waals surface area contributed by atoms with Crippen LogP contribution in [-0.4, -0.2) is 40.2 Å². The van der Waals surface area contributed by atoms with E-state index in [0.29, 0.717) is 18.8 Å². The molecule has 0 radical (unpaired) electrons. The molecular formula is C14H23N3O3. The van der Waals surface area contributed by atoms with Crippen LogP contribution in [0.3, 0.4) is 0 Å². The Morgan fingerprint density at radius 3 is 2.65 bits per heavy atom. The van der Waals surface area contributed by atoms with Crippen LogP contribution in [0.4, 0.5) is 0 Å². The molecule has 112 valence electrons. The fraction of sp³-hybridized carbons (Fsp3) is 0.786. The molecule has 3 N–H and O–H groups in total. The van der Waals surface area contributed by atoms with Gasteiger partial charge in [0.25, 0.3) is 5.91 Å². The molecular weight excluding hydrogens is 258 g/mol. The number of carbonyl (C=O) groups is 3. The van der Waals surface area contributed by atoms with E-state index in [2.05, 4.69) is 12.2 Å². The van der Waals surface area contributed by atoms with Crippen molar-refractivity contribution >= 4 is 17.7 Å². The highest BCUT2D eigenvalue weighted by Gasteiger charge is 2.49. The smallest absolute Gasteiger partial charge is 0.252 e. The van der Waals surface area contributed by atoms with Gasteiger partial charge in [0.15, 0.2) is 0 Å². The first kappa shape index (κ1) is 15.0. The van der Waals surface area contributed by atoms with Gasteiger partial charge in [-0.15, -0.1) is 0 Å². The lowest BCUT2D eigenvalue weighted by atomic mass is 9.75. The molecule has 0 bridgehead atoms. The van der Waals surface area contributed by atoms with Gasteiger partial charge in [-0.2, -0.15) is 0 Å². The molecule has 6 heteroatoms. The molecule has 6 nitrogen and oxygen atoms in total. The van der Waals surface area contributed by atoms with E-state index in [9.17, 15) is 14.4 Å². The number of carbonyl (C=O) groups excluding carboxylic acids is 3. The van der Waals surface area contributed by atoms with Crippen molar-refractivity contribution in [2.45, 2.75) is 57.5 Å². The van der Waals surface area contributed by atoms with Gasteiger partial charge in [0.2, 0.25) is 11.8 Å². The second-order valence-corrected chi connectivity index (χ2v) is 6.69. The van der Waals surface area contributed by atoms with Gasteiger partial charge in [-0.3, -0.25) is 19.7 Å². The van der Waals surface area contributed by atoms with E-state index in [0.717, 1.165) is 12.8 Å². The number of nitrogens with two attached hydrogens (primary N) is 1. The summed E-state index contributed by atoms with van der Waals surface area (Å²) in [6.45, 7) is 5.25. The van der Waals surface area contributed by atoms with Gasteiger partial charge < -0.3 is 10.6 Å². The second kappa shape index (κ2) is 4.84. The van der Waals surface area contributed by atoms with E-state index in [-0.39, 0.29) is 12.5 Å². The number of nitrogens with zero attached hydrogens (tertiary/aromatic N) is 1. The van der Waals surface area contributed by atoms with Crippen molar-refractivity contribution in [1.29, 1.82) is 0 Å². The molecule has 1 saturated heterocycles. The predicted molar refractivity (Wildman–Crippen MR) is 73.5 cm³/mol. The molecule has 0 aromatic carbocycles. The van der Waals surface area contributed by atoms with Crippen molar-refractivity contribution in [3.63, 3.8) is 0 Å². The maximum atomic E-state index is 12.8. The zero-order valence-corrected chi connectivity index (χ0v) is 12.4. The predicted octanol–water partition coefficient (Wildman–Crippen LogP) is 0.158. The van der Waals surface area contributed by atoms with Gasteiger partial charge in [-0.25, -0.2) is 0 Å². The maximum Gasteiger partial charge on any atom is 0.252 e. The van der Waals surface area contributed by atoms with Crippen molar-refractivity contribution in [3.8, 4) is 0 Å². The number of hydrogen-bond acceptors (Lipinski definition) is 4. The van der Waals surface area contributed by atoms with E-state index >= 15 is 0 Å². The van der Waals surface area contributed by atoms with Crippen LogP contribution in [0.25, 0.3) is 0 Å². The van der Waals surface area contributed by atoms with Crippen molar-refractivity contribution < 1.29 is 14.4 Å². The standard InChI is InChI=1S/C14H23N3O3/c1-9-5-4-6-14(15,7-9)12(20)17-8-10(18)16-11(19)13(17,2)3/h9H,4-8,15H2,1-3H3,(H,16,18,19). The van der Waals surface area contributed by atoms with Crippen LogP contribution in [0, 0.1) is 5.92 Å². The Hall–Kier alpha value is -1.43. The molecule has 3 amide bonds. The Labute approximate surface area is 119 Å². The normalized spacial score (nSPS) is 33.8. The van der Waals surface area contributed by atoms with Crippen molar-refractivity contribution in [2.75, 3.05) is 6.54 Å². The van der Waals surface area contributed by atoms with Crippen LogP contribution in [0.15, 0.2) is 0 Å². The minimum Gasteiger partial charge on any atom is -0.318 e. The van der Waals surface area contributed by atoms with Crippen LogP contribution in [0.2, 0.25) is 0 Å². The topological polar surface area (TPSA) is 92.5 Å². The van der Waals surface area contributed by atoms with Crippen LogP contribution in [0.5, 0.6) is 0 Å². The highest BCUT2D eigenvalue weighted by atomic mass is 16.2. The SMILES string of the molecule is CC1CCCC(N)(C(=O)N2CC(=O)NC(=O)C2(C)C)C1. The molecule has 20 heavy (non-hydrogen) atoms. The summed E-state index contributed by atoms with van der Waals surface area (Å²) in [7, 11) is 0. The number of piperazine rings is 1. The van der Waals surface area contributed by atoms with Gasteiger partial charge in [0, 0.05) is 0 Å². The Kier molecular flexibility index (Phi) is 3.62.